The highest BCUT2D eigenvalue weighted by Crippen LogP contribution is 2.29. The average Bonchev–Trinajstić information content (AvgIpc) is 2.30. The normalized spacial score (nSPS) is 12.4. The number of halogens is 1. The van der Waals surface area contributed by atoms with E-state index < -0.39 is 0 Å². The summed E-state index contributed by atoms with van der Waals surface area (Å²) in [6.07, 6.45) is 4.68. The fraction of sp³-hybridized carbons (Fsp3) is 0.267. The number of benzene rings is 1. The topological polar surface area (TPSA) is 12.9 Å². The SMILES string of the molecule is Cc1ccc(C(Br)Cc2ccncc2)c(C)c1. The molecule has 0 spiro atoms. The first-order valence-corrected chi connectivity index (χ1v) is 6.68. The van der Waals surface area contributed by atoms with Gasteiger partial charge in [-0.25, -0.2) is 0 Å². The van der Waals surface area contributed by atoms with Crippen LogP contribution < -0.4 is 0 Å². The monoisotopic (exact) mass is 289 g/mol. The smallest absolute Gasteiger partial charge is 0.0438 e. The molecule has 88 valence electrons. The molecule has 2 rings (SSSR count). The van der Waals surface area contributed by atoms with E-state index in [1.807, 2.05) is 12.4 Å². The molecule has 0 saturated heterocycles. The molecule has 0 saturated carbocycles. The lowest BCUT2D eigenvalue weighted by molar-refractivity contribution is 0.933. The Morgan fingerprint density at radius 1 is 1.12 bits per heavy atom. The van der Waals surface area contributed by atoms with E-state index in [-0.39, 0.29) is 0 Å². The lowest BCUT2D eigenvalue weighted by atomic mass is 9.99. The zero-order valence-corrected chi connectivity index (χ0v) is 11.7. The molecule has 1 unspecified atom stereocenters. The average molecular weight is 290 g/mol. The van der Waals surface area contributed by atoms with Crippen LogP contribution in [-0.2, 0) is 6.42 Å². The Morgan fingerprint density at radius 3 is 2.47 bits per heavy atom. The van der Waals surface area contributed by atoms with Crippen molar-refractivity contribution in [2.45, 2.75) is 25.1 Å². The number of rotatable bonds is 3. The van der Waals surface area contributed by atoms with Crippen molar-refractivity contribution < 1.29 is 0 Å². The second-order valence-electron chi connectivity index (χ2n) is 4.39. The molecule has 0 amide bonds. The summed E-state index contributed by atoms with van der Waals surface area (Å²) in [6.45, 7) is 4.30. The minimum absolute atomic E-state index is 0.366. The molecular formula is C15H16BrN. The quantitative estimate of drug-likeness (QED) is 0.765. The third-order valence-electron chi connectivity index (χ3n) is 2.93. The Morgan fingerprint density at radius 2 is 1.82 bits per heavy atom. The second kappa shape index (κ2) is 5.46. The highest BCUT2D eigenvalue weighted by Gasteiger charge is 2.10. The number of nitrogens with zero attached hydrogens (tertiary/aromatic N) is 1. The van der Waals surface area contributed by atoms with Gasteiger partial charge in [0.05, 0.1) is 0 Å². The van der Waals surface area contributed by atoms with Crippen LogP contribution in [0.4, 0.5) is 0 Å². The maximum absolute atomic E-state index is 4.04. The van der Waals surface area contributed by atoms with Crippen molar-refractivity contribution in [3.05, 3.63) is 65.0 Å². The van der Waals surface area contributed by atoms with Gasteiger partial charge in [-0.15, -0.1) is 0 Å². The van der Waals surface area contributed by atoms with Gasteiger partial charge in [0.1, 0.15) is 0 Å². The van der Waals surface area contributed by atoms with E-state index >= 15 is 0 Å². The summed E-state index contributed by atoms with van der Waals surface area (Å²) in [5.74, 6) is 0. The molecular weight excluding hydrogens is 274 g/mol. The van der Waals surface area contributed by atoms with Crippen molar-refractivity contribution in [3.8, 4) is 0 Å². The van der Waals surface area contributed by atoms with Crippen LogP contribution in [0.3, 0.4) is 0 Å². The van der Waals surface area contributed by atoms with Gasteiger partial charge in [0, 0.05) is 17.2 Å². The summed E-state index contributed by atoms with van der Waals surface area (Å²) in [7, 11) is 0. The molecule has 0 fully saturated rings. The summed E-state index contributed by atoms with van der Waals surface area (Å²) in [5.41, 5.74) is 5.34. The fourth-order valence-electron chi connectivity index (χ4n) is 2.01. The van der Waals surface area contributed by atoms with Crippen LogP contribution in [0.25, 0.3) is 0 Å². The Balaban J connectivity index is 2.17. The zero-order chi connectivity index (χ0) is 12.3. The van der Waals surface area contributed by atoms with Crippen LogP contribution in [0.1, 0.15) is 27.1 Å². The van der Waals surface area contributed by atoms with Crippen molar-refractivity contribution in [2.75, 3.05) is 0 Å². The van der Waals surface area contributed by atoms with E-state index in [1.165, 1.54) is 22.3 Å². The van der Waals surface area contributed by atoms with Gasteiger partial charge in [0.25, 0.3) is 0 Å². The van der Waals surface area contributed by atoms with Crippen LogP contribution in [0, 0.1) is 13.8 Å². The van der Waals surface area contributed by atoms with Gasteiger partial charge in [-0.05, 0) is 49.1 Å². The van der Waals surface area contributed by atoms with Crippen LogP contribution in [0.15, 0.2) is 42.7 Å². The zero-order valence-electron chi connectivity index (χ0n) is 10.2. The lowest BCUT2D eigenvalue weighted by Crippen LogP contribution is -1.98. The maximum atomic E-state index is 4.04. The molecule has 1 atom stereocenters. The molecule has 1 aromatic heterocycles. The van der Waals surface area contributed by atoms with Crippen LogP contribution in [0.2, 0.25) is 0 Å². The van der Waals surface area contributed by atoms with Crippen LogP contribution >= 0.6 is 15.9 Å². The van der Waals surface area contributed by atoms with E-state index in [4.69, 9.17) is 0 Å². The molecule has 0 bridgehead atoms. The van der Waals surface area contributed by atoms with E-state index in [1.54, 1.807) is 0 Å². The van der Waals surface area contributed by atoms with E-state index in [2.05, 4.69) is 65.1 Å². The van der Waals surface area contributed by atoms with Crippen molar-refractivity contribution >= 4 is 15.9 Å². The molecule has 2 aromatic rings. The molecule has 0 aliphatic rings. The van der Waals surface area contributed by atoms with E-state index in [0.29, 0.717) is 4.83 Å². The van der Waals surface area contributed by atoms with E-state index in [0.717, 1.165) is 6.42 Å². The van der Waals surface area contributed by atoms with Crippen molar-refractivity contribution in [1.82, 2.24) is 4.98 Å². The first-order valence-electron chi connectivity index (χ1n) is 5.77. The first-order chi connectivity index (χ1) is 8.16. The van der Waals surface area contributed by atoms with E-state index in [9.17, 15) is 0 Å². The first kappa shape index (κ1) is 12.3. The molecule has 1 heterocycles. The molecule has 0 aliphatic heterocycles. The Hall–Kier alpha value is -1.15. The molecule has 1 nitrogen and oxygen atoms in total. The van der Waals surface area contributed by atoms with Crippen molar-refractivity contribution in [1.29, 1.82) is 0 Å². The predicted octanol–water partition coefficient (Wildman–Crippen LogP) is 4.38. The summed E-state index contributed by atoms with van der Waals surface area (Å²) in [5, 5.41) is 0. The molecule has 0 aliphatic carbocycles. The summed E-state index contributed by atoms with van der Waals surface area (Å²) < 4.78 is 0. The number of aromatic nitrogens is 1. The molecule has 2 heteroatoms. The van der Waals surface area contributed by atoms with Gasteiger partial charge in [-0.2, -0.15) is 0 Å². The molecule has 17 heavy (non-hydrogen) atoms. The third kappa shape index (κ3) is 3.16. The van der Waals surface area contributed by atoms with Crippen LogP contribution in [-0.4, -0.2) is 4.98 Å². The number of hydrogen-bond acceptors (Lipinski definition) is 1. The van der Waals surface area contributed by atoms with Crippen LogP contribution in [0.5, 0.6) is 0 Å². The van der Waals surface area contributed by atoms with Gasteiger partial charge in [-0.3, -0.25) is 4.98 Å². The highest BCUT2D eigenvalue weighted by molar-refractivity contribution is 9.09. The minimum atomic E-state index is 0.366. The Kier molecular flexibility index (Phi) is 3.95. The number of aryl methyl sites for hydroxylation is 2. The fourth-order valence-corrected chi connectivity index (χ4v) is 2.90. The van der Waals surface area contributed by atoms with Gasteiger partial charge < -0.3 is 0 Å². The Bertz CT molecular complexity index is 494. The second-order valence-corrected chi connectivity index (χ2v) is 5.49. The summed E-state index contributed by atoms with van der Waals surface area (Å²) >= 11 is 3.78. The standard InChI is InChI=1S/C15H16BrN/c1-11-3-4-14(12(2)9-11)15(16)10-13-5-7-17-8-6-13/h3-9,15H,10H2,1-2H3. The number of pyridine rings is 1. The number of hydrogen-bond donors (Lipinski definition) is 0. The highest BCUT2D eigenvalue weighted by atomic mass is 79.9. The summed E-state index contributed by atoms with van der Waals surface area (Å²) in [4.78, 5) is 4.41. The van der Waals surface area contributed by atoms with Gasteiger partial charge in [0.15, 0.2) is 0 Å². The Labute approximate surface area is 111 Å². The number of alkyl halides is 1. The maximum Gasteiger partial charge on any atom is 0.0438 e. The molecule has 0 N–H and O–H groups in total. The largest absolute Gasteiger partial charge is 0.265 e. The minimum Gasteiger partial charge on any atom is -0.265 e. The van der Waals surface area contributed by atoms with Crippen molar-refractivity contribution in [3.63, 3.8) is 0 Å². The predicted molar refractivity (Wildman–Crippen MR) is 75.5 cm³/mol. The van der Waals surface area contributed by atoms with Crippen molar-refractivity contribution in [2.24, 2.45) is 0 Å². The van der Waals surface area contributed by atoms with Gasteiger partial charge in [0.2, 0.25) is 0 Å². The lowest BCUT2D eigenvalue weighted by Gasteiger charge is -2.13. The third-order valence-corrected chi connectivity index (χ3v) is 3.74. The van der Waals surface area contributed by atoms with Gasteiger partial charge in [-0.1, -0.05) is 39.7 Å². The molecule has 1 aromatic carbocycles. The summed E-state index contributed by atoms with van der Waals surface area (Å²) in [6, 6.07) is 10.8. The molecule has 0 radical (unpaired) electrons. The van der Waals surface area contributed by atoms with Gasteiger partial charge >= 0.3 is 0 Å².